The van der Waals surface area contributed by atoms with Gasteiger partial charge in [0.15, 0.2) is 0 Å². The minimum absolute atomic E-state index is 0.289. The number of ether oxygens (including phenoxy) is 1. The number of nitrogens with one attached hydrogen (secondary N) is 2. The van der Waals surface area contributed by atoms with Crippen LogP contribution >= 0.6 is 0 Å². The van der Waals surface area contributed by atoms with Gasteiger partial charge in [-0.05, 0) is 60.2 Å². The lowest BCUT2D eigenvalue weighted by molar-refractivity contribution is 0.306. The SMILES string of the molecule is Fc1ccc(Nc2nccc(Nc3ccc(OCc4ccccc4)cc3)n2)cc1. The van der Waals surface area contributed by atoms with Gasteiger partial charge in [-0.25, -0.2) is 9.37 Å². The molecule has 0 radical (unpaired) electrons. The van der Waals surface area contributed by atoms with Crippen LogP contribution in [-0.4, -0.2) is 9.97 Å². The Labute approximate surface area is 168 Å². The van der Waals surface area contributed by atoms with E-state index in [1.165, 1.54) is 12.1 Å². The van der Waals surface area contributed by atoms with Crippen molar-refractivity contribution >= 4 is 23.1 Å². The average molecular weight is 386 g/mol. The number of halogens is 1. The molecule has 6 heteroatoms. The van der Waals surface area contributed by atoms with Crippen molar-refractivity contribution in [2.75, 3.05) is 10.6 Å². The first-order valence-corrected chi connectivity index (χ1v) is 9.14. The summed E-state index contributed by atoms with van der Waals surface area (Å²) in [7, 11) is 0. The molecule has 0 unspecified atom stereocenters. The third-order valence-corrected chi connectivity index (χ3v) is 4.13. The Morgan fingerprint density at radius 2 is 1.45 bits per heavy atom. The standard InChI is InChI=1S/C23H19FN4O/c24-18-6-8-20(9-7-18)27-23-25-15-14-22(28-23)26-19-10-12-21(13-11-19)29-16-17-4-2-1-3-5-17/h1-15H,16H2,(H2,25,26,27,28). The highest BCUT2D eigenvalue weighted by Gasteiger charge is 2.02. The van der Waals surface area contributed by atoms with Crippen LogP contribution in [0.3, 0.4) is 0 Å². The van der Waals surface area contributed by atoms with Gasteiger partial charge in [0.2, 0.25) is 5.95 Å². The van der Waals surface area contributed by atoms with E-state index in [0.29, 0.717) is 24.1 Å². The van der Waals surface area contributed by atoms with Crippen LogP contribution < -0.4 is 15.4 Å². The molecule has 0 aliphatic carbocycles. The molecule has 4 rings (SSSR count). The van der Waals surface area contributed by atoms with Crippen molar-refractivity contribution in [1.82, 2.24) is 9.97 Å². The lowest BCUT2D eigenvalue weighted by Crippen LogP contribution is -2.00. The molecule has 0 aliphatic rings. The van der Waals surface area contributed by atoms with Gasteiger partial charge in [0.1, 0.15) is 24.0 Å². The van der Waals surface area contributed by atoms with E-state index in [9.17, 15) is 4.39 Å². The fourth-order valence-electron chi connectivity index (χ4n) is 2.67. The molecule has 0 fully saturated rings. The van der Waals surface area contributed by atoms with E-state index < -0.39 is 0 Å². The second kappa shape index (κ2) is 8.84. The normalized spacial score (nSPS) is 10.4. The maximum Gasteiger partial charge on any atom is 0.229 e. The zero-order valence-electron chi connectivity index (χ0n) is 15.5. The summed E-state index contributed by atoms with van der Waals surface area (Å²) in [5, 5.41) is 6.28. The van der Waals surface area contributed by atoms with Gasteiger partial charge in [0, 0.05) is 17.6 Å². The lowest BCUT2D eigenvalue weighted by Gasteiger charge is -2.10. The molecule has 0 aliphatic heterocycles. The first kappa shape index (κ1) is 18.4. The first-order chi connectivity index (χ1) is 14.2. The molecule has 0 bridgehead atoms. The van der Waals surface area contributed by atoms with Crippen LogP contribution in [-0.2, 0) is 6.61 Å². The Morgan fingerprint density at radius 1 is 0.759 bits per heavy atom. The molecule has 3 aromatic carbocycles. The van der Waals surface area contributed by atoms with Gasteiger partial charge in [-0.1, -0.05) is 30.3 Å². The highest BCUT2D eigenvalue weighted by Crippen LogP contribution is 2.21. The van der Waals surface area contributed by atoms with Crippen molar-refractivity contribution in [3.8, 4) is 5.75 Å². The fourth-order valence-corrected chi connectivity index (χ4v) is 2.67. The second-order valence-corrected chi connectivity index (χ2v) is 6.32. The summed E-state index contributed by atoms with van der Waals surface area (Å²) in [4.78, 5) is 8.62. The largest absolute Gasteiger partial charge is 0.489 e. The van der Waals surface area contributed by atoms with Crippen LogP contribution in [0.2, 0.25) is 0 Å². The number of hydrogen-bond acceptors (Lipinski definition) is 5. The minimum atomic E-state index is -0.289. The third-order valence-electron chi connectivity index (χ3n) is 4.13. The van der Waals surface area contributed by atoms with E-state index >= 15 is 0 Å². The maximum atomic E-state index is 13.0. The molecule has 1 heterocycles. The van der Waals surface area contributed by atoms with Crippen molar-refractivity contribution < 1.29 is 9.13 Å². The molecule has 1 aromatic heterocycles. The van der Waals surface area contributed by atoms with E-state index in [1.54, 1.807) is 24.4 Å². The number of nitrogens with zero attached hydrogens (tertiary/aromatic N) is 2. The van der Waals surface area contributed by atoms with E-state index in [4.69, 9.17) is 4.74 Å². The third kappa shape index (κ3) is 5.29. The number of benzene rings is 3. The fraction of sp³-hybridized carbons (Fsp3) is 0.0435. The molecule has 5 nitrogen and oxygen atoms in total. The maximum absolute atomic E-state index is 13.0. The van der Waals surface area contributed by atoms with Crippen molar-refractivity contribution in [2.24, 2.45) is 0 Å². The van der Waals surface area contributed by atoms with Gasteiger partial charge in [0.25, 0.3) is 0 Å². The van der Waals surface area contributed by atoms with Crippen molar-refractivity contribution in [3.05, 3.63) is 103 Å². The molecular weight excluding hydrogens is 367 g/mol. The molecule has 144 valence electrons. The van der Waals surface area contributed by atoms with Crippen LogP contribution in [0.1, 0.15) is 5.56 Å². The molecule has 4 aromatic rings. The average Bonchev–Trinajstić information content (AvgIpc) is 2.76. The van der Waals surface area contributed by atoms with Crippen molar-refractivity contribution in [2.45, 2.75) is 6.61 Å². The van der Waals surface area contributed by atoms with Crippen molar-refractivity contribution in [3.63, 3.8) is 0 Å². The number of hydrogen-bond donors (Lipinski definition) is 2. The molecule has 0 saturated heterocycles. The Morgan fingerprint density at radius 3 is 2.21 bits per heavy atom. The zero-order chi connectivity index (χ0) is 19.9. The summed E-state index contributed by atoms with van der Waals surface area (Å²) in [5.74, 6) is 1.57. The molecule has 0 amide bonds. The smallest absolute Gasteiger partial charge is 0.229 e. The first-order valence-electron chi connectivity index (χ1n) is 9.14. The van der Waals surface area contributed by atoms with E-state index in [-0.39, 0.29) is 5.82 Å². The molecule has 0 saturated carbocycles. The van der Waals surface area contributed by atoms with Crippen LogP contribution in [0.4, 0.5) is 27.5 Å². The van der Waals surface area contributed by atoms with Gasteiger partial charge >= 0.3 is 0 Å². The summed E-state index contributed by atoms with van der Waals surface area (Å²) in [6, 6.07) is 25.5. The van der Waals surface area contributed by atoms with Crippen LogP contribution in [0, 0.1) is 5.82 Å². The molecule has 29 heavy (non-hydrogen) atoms. The summed E-state index contributed by atoms with van der Waals surface area (Å²) < 4.78 is 18.8. The van der Waals surface area contributed by atoms with Gasteiger partial charge < -0.3 is 15.4 Å². The Bertz CT molecular complexity index is 1050. The topological polar surface area (TPSA) is 59.1 Å². The number of aromatic nitrogens is 2. The van der Waals surface area contributed by atoms with E-state index in [1.807, 2.05) is 54.6 Å². The predicted octanol–water partition coefficient (Wildman–Crippen LogP) is 5.68. The van der Waals surface area contributed by atoms with E-state index in [0.717, 1.165) is 17.0 Å². The molecule has 0 spiro atoms. The Kier molecular flexibility index (Phi) is 5.62. The predicted molar refractivity (Wildman–Crippen MR) is 112 cm³/mol. The lowest BCUT2D eigenvalue weighted by atomic mass is 10.2. The van der Waals surface area contributed by atoms with Gasteiger partial charge in [-0.2, -0.15) is 4.98 Å². The van der Waals surface area contributed by atoms with E-state index in [2.05, 4.69) is 20.6 Å². The second-order valence-electron chi connectivity index (χ2n) is 6.32. The minimum Gasteiger partial charge on any atom is -0.489 e. The van der Waals surface area contributed by atoms with Crippen molar-refractivity contribution in [1.29, 1.82) is 0 Å². The van der Waals surface area contributed by atoms with Gasteiger partial charge in [0.05, 0.1) is 0 Å². The van der Waals surface area contributed by atoms with Gasteiger partial charge in [-0.3, -0.25) is 0 Å². The molecule has 2 N–H and O–H groups in total. The zero-order valence-corrected chi connectivity index (χ0v) is 15.5. The summed E-state index contributed by atoms with van der Waals surface area (Å²) in [6.45, 7) is 0.526. The summed E-state index contributed by atoms with van der Waals surface area (Å²) in [5.41, 5.74) is 2.71. The Hall–Kier alpha value is -3.93. The van der Waals surface area contributed by atoms with Crippen LogP contribution in [0.25, 0.3) is 0 Å². The summed E-state index contributed by atoms with van der Waals surface area (Å²) in [6.07, 6.45) is 1.65. The highest BCUT2D eigenvalue weighted by molar-refractivity contribution is 5.60. The van der Waals surface area contributed by atoms with Crippen LogP contribution in [0.15, 0.2) is 91.1 Å². The highest BCUT2D eigenvalue weighted by atomic mass is 19.1. The monoisotopic (exact) mass is 386 g/mol. The summed E-state index contributed by atoms with van der Waals surface area (Å²) >= 11 is 0. The van der Waals surface area contributed by atoms with Gasteiger partial charge in [-0.15, -0.1) is 0 Å². The number of anilines is 4. The number of rotatable bonds is 7. The molecule has 0 atom stereocenters. The molecular formula is C23H19FN4O. The van der Waals surface area contributed by atoms with Crippen LogP contribution in [0.5, 0.6) is 5.75 Å². The quantitative estimate of drug-likeness (QED) is 0.428. The Balaban J connectivity index is 1.37.